The number of hydrogen-bond acceptors (Lipinski definition) is 4. The minimum atomic E-state index is -5.03. The van der Waals surface area contributed by atoms with Gasteiger partial charge in [-0.25, -0.2) is 0 Å². The standard InChI is InChI=1S/C21H22Cl3F3N2O3/c1-12-7-15(4-3-13(12)10-28-18(30)5-6-32-2)29-11-20(31,21(25,26)27)14-8-16(22)19(24)17(23)9-14/h3-4,7-9,29,31H,5-6,10-11H2,1-2H3,(H,28,30)/t20-/m1/s1. The number of aryl methyl sites for hydroxylation is 1. The molecule has 0 aliphatic heterocycles. The summed E-state index contributed by atoms with van der Waals surface area (Å²) in [5.41, 5.74) is -1.92. The molecule has 1 amide bonds. The third-order valence-electron chi connectivity index (χ3n) is 4.83. The number of methoxy groups -OCH3 is 1. The zero-order valence-electron chi connectivity index (χ0n) is 17.2. The monoisotopic (exact) mass is 512 g/mol. The van der Waals surface area contributed by atoms with Crippen molar-refractivity contribution in [3.8, 4) is 0 Å². The first-order valence-corrected chi connectivity index (χ1v) is 10.6. The number of carbonyl (C=O) groups excluding carboxylic acids is 1. The lowest BCUT2D eigenvalue weighted by Gasteiger charge is -2.32. The second-order valence-corrected chi connectivity index (χ2v) is 8.32. The van der Waals surface area contributed by atoms with Gasteiger partial charge in [-0.05, 0) is 47.9 Å². The molecule has 0 saturated heterocycles. The molecule has 176 valence electrons. The third-order valence-corrected chi connectivity index (χ3v) is 6.03. The van der Waals surface area contributed by atoms with E-state index in [1.54, 1.807) is 25.1 Å². The van der Waals surface area contributed by atoms with Crippen molar-refractivity contribution in [1.82, 2.24) is 5.32 Å². The van der Waals surface area contributed by atoms with E-state index in [2.05, 4.69) is 10.6 Å². The molecule has 0 heterocycles. The van der Waals surface area contributed by atoms with Gasteiger partial charge in [0, 0.05) is 25.8 Å². The molecule has 0 radical (unpaired) electrons. The van der Waals surface area contributed by atoms with Crippen molar-refractivity contribution in [3.63, 3.8) is 0 Å². The molecule has 5 nitrogen and oxygen atoms in total. The number of nitrogens with one attached hydrogen (secondary N) is 2. The Bertz CT molecular complexity index is 950. The Labute approximate surface area is 198 Å². The van der Waals surface area contributed by atoms with Crippen molar-refractivity contribution in [2.75, 3.05) is 25.6 Å². The van der Waals surface area contributed by atoms with Gasteiger partial charge in [0.05, 0.1) is 28.2 Å². The third kappa shape index (κ3) is 6.42. The molecule has 0 unspecified atom stereocenters. The minimum Gasteiger partial charge on any atom is -0.384 e. The van der Waals surface area contributed by atoms with E-state index >= 15 is 0 Å². The van der Waals surface area contributed by atoms with Crippen molar-refractivity contribution in [2.24, 2.45) is 0 Å². The number of benzene rings is 2. The molecule has 0 aromatic heterocycles. The average Bonchev–Trinajstić information content (AvgIpc) is 2.72. The predicted molar refractivity (Wildman–Crippen MR) is 119 cm³/mol. The van der Waals surface area contributed by atoms with Crippen LogP contribution in [0.5, 0.6) is 0 Å². The van der Waals surface area contributed by atoms with Crippen LogP contribution in [0.4, 0.5) is 18.9 Å². The van der Waals surface area contributed by atoms with Crippen LogP contribution in [-0.2, 0) is 21.7 Å². The van der Waals surface area contributed by atoms with Gasteiger partial charge < -0.3 is 20.5 Å². The molecule has 3 N–H and O–H groups in total. The maximum Gasteiger partial charge on any atom is 0.423 e. The summed E-state index contributed by atoms with van der Waals surface area (Å²) in [6, 6.07) is 6.73. The lowest BCUT2D eigenvalue weighted by Crippen LogP contribution is -2.47. The van der Waals surface area contributed by atoms with Crippen LogP contribution in [0.25, 0.3) is 0 Å². The SMILES string of the molecule is COCCC(=O)NCc1ccc(NC[C@@](O)(c2cc(Cl)c(Cl)c(Cl)c2)C(F)(F)F)cc1C. The van der Waals surface area contributed by atoms with Crippen LogP contribution in [0.2, 0.25) is 15.1 Å². The quantitative estimate of drug-likeness (QED) is 0.389. The highest BCUT2D eigenvalue weighted by Crippen LogP contribution is 2.43. The molecule has 11 heteroatoms. The van der Waals surface area contributed by atoms with Crippen LogP contribution in [0.3, 0.4) is 0 Å². The van der Waals surface area contributed by atoms with E-state index < -0.39 is 23.9 Å². The van der Waals surface area contributed by atoms with Gasteiger partial charge in [0.15, 0.2) is 0 Å². The summed E-state index contributed by atoms with van der Waals surface area (Å²) in [5, 5.41) is 15.4. The average molecular weight is 514 g/mol. The molecule has 2 aromatic carbocycles. The van der Waals surface area contributed by atoms with Crippen LogP contribution in [-0.4, -0.2) is 37.5 Å². The number of alkyl halides is 3. The van der Waals surface area contributed by atoms with E-state index in [1.165, 1.54) is 7.11 Å². The molecule has 2 rings (SSSR count). The number of halogens is 6. The maximum absolute atomic E-state index is 13.8. The second-order valence-electron chi connectivity index (χ2n) is 7.13. The van der Waals surface area contributed by atoms with Gasteiger partial charge in [-0.2, -0.15) is 13.2 Å². The van der Waals surface area contributed by atoms with Crippen LogP contribution < -0.4 is 10.6 Å². The molecule has 2 aromatic rings. The smallest absolute Gasteiger partial charge is 0.384 e. The van der Waals surface area contributed by atoms with Gasteiger partial charge in [-0.15, -0.1) is 0 Å². The first-order valence-electron chi connectivity index (χ1n) is 9.42. The normalized spacial score (nSPS) is 13.5. The lowest BCUT2D eigenvalue weighted by molar-refractivity contribution is -0.260. The van der Waals surface area contributed by atoms with Crippen molar-refractivity contribution < 1.29 is 27.8 Å². The molecule has 0 aliphatic rings. The fourth-order valence-corrected chi connectivity index (χ4v) is 3.47. The van der Waals surface area contributed by atoms with Gasteiger partial charge in [0.25, 0.3) is 0 Å². The first-order chi connectivity index (χ1) is 14.9. The Morgan fingerprint density at radius 3 is 2.28 bits per heavy atom. The van der Waals surface area contributed by atoms with Gasteiger partial charge in [-0.1, -0.05) is 40.9 Å². The van der Waals surface area contributed by atoms with Crippen molar-refractivity contribution in [1.29, 1.82) is 0 Å². The highest BCUT2D eigenvalue weighted by atomic mass is 35.5. The topological polar surface area (TPSA) is 70.6 Å². The van der Waals surface area contributed by atoms with Gasteiger partial charge in [-0.3, -0.25) is 4.79 Å². The molecule has 1 atom stereocenters. The summed E-state index contributed by atoms with van der Waals surface area (Å²) in [6.07, 6.45) is -4.80. The van der Waals surface area contributed by atoms with Crippen LogP contribution in [0, 0.1) is 6.92 Å². The van der Waals surface area contributed by atoms with Gasteiger partial charge in [0.2, 0.25) is 11.5 Å². The Hall–Kier alpha value is -1.71. The Morgan fingerprint density at radius 1 is 1.12 bits per heavy atom. The Balaban J connectivity index is 2.17. The first kappa shape index (κ1) is 26.5. The summed E-state index contributed by atoms with van der Waals surface area (Å²) in [5.74, 6) is -0.177. The van der Waals surface area contributed by atoms with E-state index in [1.807, 2.05) is 0 Å². The zero-order chi connectivity index (χ0) is 24.1. The molecular formula is C21H22Cl3F3N2O3. The van der Waals surface area contributed by atoms with E-state index in [9.17, 15) is 23.1 Å². The second kappa shape index (κ2) is 10.9. The highest BCUT2D eigenvalue weighted by Gasteiger charge is 2.55. The molecule has 0 saturated carbocycles. The van der Waals surface area contributed by atoms with E-state index in [-0.39, 0.29) is 33.9 Å². The minimum absolute atomic E-state index is 0.102. The van der Waals surface area contributed by atoms with Crippen LogP contribution >= 0.6 is 34.8 Å². The number of amides is 1. The summed E-state index contributed by atoms with van der Waals surface area (Å²) >= 11 is 17.5. The number of rotatable bonds is 9. The number of carbonyl (C=O) groups is 1. The number of aliphatic hydroxyl groups is 1. The van der Waals surface area contributed by atoms with Gasteiger partial charge in [0.1, 0.15) is 0 Å². The number of hydrogen-bond donors (Lipinski definition) is 3. The van der Waals surface area contributed by atoms with Crippen molar-refractivity contribution >= 4 is 46.4 Å². The van der Waals surface area contributed by atoms with Crippen LogP contribution in [0.15, 0.2) is 30.3 Å². The molecule has 0 aliphatic carbocycles. The molecule has 32 heavy (non-hydrogen) atoms. The summed E-state index contributed by atoms with van der Waals surface area (Å²) in [6.45, 7) is 1.44. The zero-order valence-corrected chi connectivity index (χ0v) is 19.5. The Kier molecular flexibility index (Phi) is 9.07. The molecular weight excluding hydrogens is 492 g/mol. The molecule has 0 spiro atoms. The molecule has 0 bridgehead atoms. The number of ether oxygens (including phenoxy) is 1. The number of anilines is 1. The largest absolute Gasteiger partial charge is 0.423 e. The summed E-state index contributed by atoms with van der Waals surface area (Å²) in [7, 11) is 1.50. The van der Waals surface area contributed by atoms with E-state index in [0.717, 1.165) is 23.3 Å². The summed E-state index contributed by atoms with van der Waals surface area (Å²) < 4.78 is 46.3. The molecule has 0 fully saturated rings. The Morgan fingerprint density at radius 2 is 1.75 bits per heavy atom. The van der Waals surface area contributed by atoms with E-state index in [0.29, 0.717) is 12.3 Å². The van der Waals surface area contributed by atoms with Gasteiger partial charge >= 0.3 is 6.18 Å². The van der Waals surface area contributed by atoms with Crippen molar-refractivity contribution in [3.05, 3.63) is 62.1 Å². The fraction of sp³-hybridized carbons (Fsp3) is 0.381. The fourth-order valence-electron chi connectivity index (χ4n) is 2.87. The predicted octanol–water partition coefficient (Wildman–Crippen LogP) is 5.47. The van der Waals surface area contributed by atoms with Crippen molar-refractivity contribution in [2.45, 2.75) is 31.7 Å². The van der Waals surface area contributed by atoms with Crippen LogP contribution in [0.1, 0.15) is 23.1 Å². The lowest BCUT2D eigenvalue weighted by atomic mass is 9.92. The maximum atomic E-state index is 13.8. The van der Waals surface area contributed by atoms with E-state index in [4.69, 9.17) is 39.5 Å². The highest BCUT2D eigenvalue weighted by molar-refractivity contribution is 6.48. The summed E-state index contributed by atoms with van der Waals surface area (Å²) in [4.78, 5) is 11.7.